The molecule has 1 N–H and O–H groups in total. The number of rotatable bonds is 3. The molecule has 23 heavy (non-hydrogen) atoms. The van der Waals surface area contributed by atoms with E-state index in [1.807, 2.05) is 30.3 Å². The largest absolute Gasteiger partial charge is 0.327 e. The molecule has 3 rings (SSSR count). The fraction of sp³-hybridized carbons (Fsp3) is 0.222. The summed E-state index contributed by atoms with van der Waals surface area (Å²) < 4.78 is 0. The smallest absolute Gasteiger partial charge is 0.256 e. The van der Waals surface area contributed by atoms with Crippen LogP contribution < -0.4 is 5.32 Å². The first-order valence-electron chi connectivity index (χ1n) is 7.58. The van der Waals surface area contributed by atoms with E-state index in [0.717, 1.165) is 12.1 Å². The average Bonchev–Trinajstić information content (AvgIpc) is 3.05. The molecule has 1 saturated heterocycles. The predicted molar refractivity (Wildman–Crippen MR) is 90.6 cm³/mol. The minimum Gasteiger partial charge on any atom is -0.327 e. The zero-order valence-electron chi connectivity index (χ0n) is 12.5. The van der Waals surface area contributed by atoms with Crippen LogP contribution in [0.5, 0.6) is 0 Å². The topological polar surface area (TPSA) is 49.4 Å². The third-order valence-corrected chi connectivity index (χ3v) is 4.29. The maximum Gasteiger partial charge on any atom is 0.256 e. The van der Waals surface area contributed by atoms with E-state index in [-0.39, 0.29) is 11.8 Å². The molecular formula is C18H17ClN2O2. The second kappa shape index (κ2) is 6.84. The Hall–Kier alpha value is -2.33. The van der Waals surface area contributed by atoms with Gasteiger partial charge in [0.2, 0.25) is 5.91 Å². The van der Waals surface area contributed by atoms with Crippen molar-refractivity contribution in [2.45, 2.75) is 18.9 Å². The lowest BCUT2D eigenvalue weighted by molar-refractivity contribution is -0.119. The highest BCUT2D eigenvalue weighted by molar-refractivity contribution is 6.33. The van der Waals surface area contributed by atoms with Crippen LogP contribution in [0.4, 0.5) is 5.69 Å². The third kappa shape index (κ3) is 3.37. The number of hydrogen-bond acceptors (Lipinski definition) is 2. The highest BCUT2D eigenvalue weighted by Gasteiger charge is 2.35. The summed E-state index contributed by atoms with van der Waals surface area (Å²) in [4.78, 5) is 26.8. The Labute approximate surface area is 140 Å². The Bertz CT molecular complexity index is 718. The molecule has 0 aliphatic carbocycles. The van der Waals surface area contributed by atoms with E-state index in [2.05, 4.69) is 5.32 Å². The maximum absolute atomic E-state index is 12.7. The summed E-state index contributed by atoms with van der Waals surface area (Å²) >= 11 is 6.11. The number of carbonyl (C=O) groups is 2. The van der Waals surface area contributed by atoms with Gasteiger partial charge in [-0.2, -0.15) is 0 Å². The van der Waals surface area contributed by atoms with Crippen LogP contribution >= 0.6 is 11.6 Å². The van der Waals surface area contributed by atoms with Crippen molar-refractivity contribution >= 4 is 29.1 Å². The minimum atomic E-state index is -0.459. The van der Waals surface area contributed by atoms with Gasteiger partial charge in [-0.1, -0.05) is 41.9 Å². The predicted octanol–water partition coefficient (Wildman–Crippen LogP) is 3.58. The molecule has 1 atom stereocenters. The molecule has 4 nitrogen and oxygen atoms in total. The van der Waals surface area contributed by atoms with Gasteiger partial charge in [0, 0.05) is 12.2 Å². The van der Waals surface area contributed by atoms with Crippen LogP contribution in [0.1, 0.15) is 23.2 Å². The van der Waals surface area contributed by atoms with E-state index < -0.39 is 6.04 Å². The highest BCUT2D eigenvalue weighted by Crippen LogP contribution is 2.24. The normalized spacial score (nSPS) is 17.1. The van der Waals surface area contributed by atoms with E-state index in [1.165, 1.54) is 0 Å². The second-order valence-corrected chi connectivity index (χ2v) is 5.90. The molecule has 0 aromatic heterocycles. The molecule has 5 heteroatoms. The summed E-state index contributed by atoms with van der Waals surface area (Å²) in [6.07, 6.45) is 1.47. The molecule has 2 amide bonds. The third-order valence-electron chi connectivity index (χ3n) is 3.96. The fourth-order valence-corrected chi connectivity index (χ4v) is 3.04. The van der Waals surface area contributed by atoms with Crippen molar-refractivity contribution in [3.63, 3.8) is 0 Å². The number of nitrogens with zero attached hydrogens (tertiary/aromatic N) is 1. The van der Waals surface area contributed by atoms with E-state index >= 15 is 0 Å². The fourth-order valence-electron chi connectivity index (χ4n) is 2.82. The molecule has 1 aliphatic rings. The Morgan fingerprint density at radius 2 is 1.74 bits per heavy atom. The van der Waals surface area contributed by atoms with Gasteiger partial charge in [0.1, 0.15) is 6.04 Å². The summed E-state index contributed by atoms with van der Waals surface area (Å²) in [6.45, 7) is 0.566. The molecule has 2 aromatic rings. The second-order valence-electron chi connectivity index (χ2n) is 5.49. The number of para-hydroxylation sites is 1. The average molecular weight is 329 g/mol. The highest BCUT2D eigenvalue weighted by atomic mass is 35.5. The summed E-state index contributed by atoms with van der Waals surface area (Å²) in [7, 11) is 0. The lowest BCUT2D eigenvalue weighted by atomic mass is 10.1. The van der Waals surface area contributed by atoms with E-state index in [1.54, 1.807) is 29.2 Å². The van der Waals surface area contributed by atoms with Crippen molar-refractivity contribution in [1.82, 2.24) is 4.90 Å². The quantitative estimate of drug-likeness (QED) is 0.936. The summed E-state index contributed by atoms with van der Waals surface area (Å²) in [5.41, 5.74) is 1.17. The van der Waals surface area contributed by atoms with Crippen LogP contribution in [0.3, 0.4) is 0 Å². The molecule has 0 saturated carbocycles. The lowest BCUT2D eigenvalue weighted by Gasteiger charge is -2.24. The maximum atomic E-state index is 12.7. The minimum absolute atomic E-state index is 0.158. The number of benzene rings is 2. The Morgan fingerprint density at radius 3 is 2.48 bits per heavy atom. The van der Waals surface area contributed by atoms with Gasteiger partial charge in [-0.3, -0.25) is 9.59 Å². The van der Waals surface area contributed by atoms with Crippen molar-refractivity contribution in [1.29, 1.82) is 0 Å². The van der Waals surface area contributed by atoms with Crippen molar-refractivity contribution in [2.75, 3.05) is 11.9 Å². The Kier molecular flexibility index (Phi) is 4.63. The summed E-state index contributed by atoms with van der Waals surface area (Å²) in [5.74, 6) is -0.351. The van der Waals surface area contributed by atoms with Crippen molar-refractivity contribution in [2.24, 2.45) is 0 Å². The molecule has 0 bridgehead atoms. The molecular weight excluding hydrogens is 312 g/mol. The van der Waals surface area contributed by atoms with Crippen molar-refractivity contribution in [3.05, 3.63) is 65.2 Å². The van der Waals surface area contributed by atoms with Crippen LogP contribution in [0.15, 0.2) is 54.6 Å². The summed E-state index contributed by atoms with van der Waals surface area (Å²) in [6, 6.07) is 15.7. The first kappa shape index (κ1) is 15.6. The molecule has 118 valence electrons. The Morgan fingerprint density at radius 1 is 1.04 bits per heavy atom. The number of likely N-dealkylation sites (tertiary alicyclic amines) is 1. The monoisotopic (exact) mass is 328 g/mol. The van der Waals surface area contributed by atoms with Gasteiger partial charge in [-0.15, -0.1) is 0 Å². The van der Waals surface area contributed by atoms with E-state index in [9.17, 15) is 9.59 Å². The van der Waals surface area contributed by atoms with Gasteiger partial charge in [0.05, 0.1) is 10.6 Å². The van der Waals surface area contributed by atoms with Crippen LogP contribution in [0.25, 0.3) is 0 Å². The molecule has 0 radical (unpaired) electrons. The first-order valence-corrected chi connectivity index (χ1v) is 7.96. The van der Waals surface area contributed by atoms with Gasteiger partial charge in [0.15, 0.2) is 0 Å². The van der Waals surface area contributed by atoms with E-state index in [0.29, 0.717) is 23.6 Å². The molecule has 1 fully saturated rings. The van der Waals surface area contributed by atoms with Crippen LogP contribution in [-0.2, 0) is 4.79 Å². The number of halogens is 1. The van der Waals surface area contributed by atoms with E-state index in [4.69, 9.17) is 11.6 Å². The van der Waals surface area contributed by atoms with Crippen LogP contribution in [0, 0.1) is 0 Å². The van der Waals surface area contributed by atoms with Gasteiger partial charge >= 0.3 is 0 Å². The summed E-state index contributed by atoms with van der Waals surface area (Å²) in [5, 5.41) is 3.28. The zero-order valence-corrected chi connectivity index (χ0v) is 13.3. The molecule has 1 unspecified atom stereocenters. The Balaban J connectivity index is 1.76. The SMILES string of the molecule is O=C(Nc1ccccc1)C1CCCN1C(=O)c1ccccc1Cl. The van der Waals surface area contributed by atoms with Crippen LogP contribution in [0.2, 0.25) is 5.02 Å². The number of carbonyl (C=O) groups excluding carboxylic acids is 2. The molecule has 2 aromatic carbocycles. The number of hydrogen-bond donors (Lipinski definition) is 1. The van der Waals surface area contributed by atoms with Gasteiger partial charge in [-0.05, 0) is 37.1 Å². The number of anilines is 1. The molecule has 0 spiro atoms. The van der Waals surface area contributed by atoms with Gasteiger partial charge in [-0.25, -0.2) is 0 Å². The van der Waals surface area contributed by atoms with Crippen molar-refractivity contribution in [3.8, 4) is 0 Å². The lowest BCUT2D eigenvalue weighted by Crippen LogP contribution is -2.43. The number of amides is 2. The molecule has 1 heterocycles. The standard InChI is InChI=1S/C18H17ClN2O2/c19-15-10-5-4-9-14(15)18(23)21-12-6-11-16(21)17(22)20-13-7-2-1-3-8-13/h1-5,7-10,16H,6,11-12H2,(H,20,22). The van der Waals surface area contributed by atoms with Gasteiger partial charge < -0.3 is 10.2 Å². The van der Waals surface area contributed by atoms with Crippen molar-refractivity contribution < 1.29 is 9.59 Å². The van der Waals surface area contributed by atoms with Crippen LogP contribution in [-0.4, -0.2) is 29.3 Å². The molecule has 1 aliphatic heterocycles. The van der Waals surface area contributed by atoms with Gasteiger partial charge in [0.25, 0.3) is 5.91 Å². The number of nitrogens with one attached hydrogen (secondary N) is 1. The first-order chi connectivity index (χ1) is 11.2. The zero-order chi connectivity index (χ0) is 16.2.